The van der Waals surface area contributed by atoms with Gasteiger partial charge in [-0.15, -0.1) is 34.3 Å². The minimum absolute atomic E-state index is 0.301. The third-order valence-corrected chi connectivity index (χ3v) is 6.04. The van der Waals surface area contributed by atoms with E-state index in [4.69, 9.17) is 23.2 Å². The van der Waals surface area contributed by atoms with Gasteiger partial charge in [-0.25, -0.2) is 4.39 Å². The fraction of sp³-hybridized carbons (Fsp3) is 0.143. The third-order valence-electron chi connectivity index (χ3n) is 2.96. The minimum atomic E-state index is -0.337. The molecule has 0 fully saturated rings. The molecule has 2 heterocycles. The molecular weight excluding hydrogens is 322 g/mol. The van der Waals surface area contributed by atoms with E-state index in [1.165, 1.54) is 15.5 Å². The fourth-order valence-electron chi connectivity index (χ4n) is 1.94. The maximum atomic E-state index is 13.4. The Morgan fingerprint density at radius 3 is 2.74 bits per heavy atom. The van der Waals surface area contributed by atoms with Crippen molar-refractivity contribution in [1.29, 1.82) is 0 Å². The van der Waals surface area contributed by atoms with Gasteiger partial charge in [-0.3, -0.25) is 0 Å². The number of halogens is 3. The molecule has 1 atom stereocenters. The Hall–Kier alpha value is -0.610. The van der Waals surface area contributed by atoms with E-state index in [1.54, 1.807) is 35.7 Å². The van der Waals surface area contributed by atoms with Crippen LogP contribution in [0, 0.1) is 12.7 Å². The molecule has 3 rings (SSSR count). The van der Waals surface area contributed by atoms with Crippen LogP contribution < -0.4 is 0 Å². The van der Waals surface area contributed by atoms with Gasteiger partial charge in [-0.05, 0) is 47.7 Å². The van der Waals surface area contributed by atoms with Crippen molar-refractivity contribution in [2.75, 3.05) is 0 Å². The first-order valence-corrected chi connectivity index (χ1v) is 8.14. The summed E-state index contributed by atoms with van der Waals surface area (Å²) >= 11 is 15.9. The Morgan fingerprint density at radius 2 is 2.00 bits per heavy atom. The van der Waals surface area contributed by atoms with E-state index in [-0.39, 0.29) is 11.2 Å². The lowest BCUT2D eigenvalue weighted by Crippen LogP contribution is -1.94. The lowest BCUT2D eigenvalue weighted by atomic mass is 10.1. The Balaban J connectivity index is 2.06. The van der Waals surface area contributed by atoms with Crippen LogP contribution in [0.5, 0.6) is 0 Å². The highest BCUT2D eigenvalue weighted by Gasteiger charge is 2.18. The molecule has 98 valence electrons. The lowest BCUT2D eigenvalue weighted by molar-refractivity contribution is 0.618. The van der Waals surface area contributed by atoms with Gasteiger partial charge >= 0.3 is 0 Å². The first-order chi connectivity index (χ1) is 9.06. The maximum Gasteiger partial charge on any atom is 0.127 e. The van der Waals surface area contributed by atoms with Gasteiger partial charge in [0.05, 0.1) is 5.38 Å². The summed E-state index contributed by atoms with van der Waals surface area (Å²) in [5.41, 5.74) is 1.32. The zero-order chi connectivity index (χ0) is 13.6. The summed E-state index contributed by atoms with van der Waals surface area (Å²) in [5, 5.41) is 2.10. The van der Waals surface area contributed by atoms with Crippen LogP contribution in [0.25, 0.3) is 9.40 Å². The molecule has 3 aromatic rings. The molecule has 0 saturated heterocycles. The zero-order valence-electron chi connectivity index (χ0n) is 9.91. The maximum absolute atomic E-state index is 13.4. The van der Waals surface area contributed by atoms with Gasteiger partial charge < -0.3 is 0 Å². The molecule has 19 heavy (non-hydrogen) atoms. The molecule has 0 aliphatic rings. The van der Waals surface area contributed by atoms with Crippen LogP contribution in [0.3, 0.4) is 0 Å². The van der Waals surface area contributed by atoms with Crippen LogP contribution in [0.4, 0.5) is 4.39 Å². The second kappa shape index (κ2) is 5.06. The summed E-state index contributed by atoms with van der Waals surface area (Å²) in [7, 11) is 0. The topological polar surface area (TPSA) is 0 Å². The molecule has 1 aromatic carbocycles. The molecule has 1 unspecified atom stereocenters. The molecule has 2 aromatic heterocycles. The van der Waals surface area contributed by atoms with Crippen molar-refractivity contribution < 1.29 is 4.39 Å². The quantitative estimate of drug-likeness (QED) is 0.477. The largest absolute Gasteiger partial charge is 0.207 e. The first kappa shape index (κ1) is 13.4. The van der Waals surface area contributed by atoms with E-state index >= 15 is 0 Å². The first-order valence-electron chi connectivity index (χ1n) is 5.63. The normalized spacial score (nSPS) is 13.1. The fourth-order valence-corrected chi connectivity index (χ4v) is 4.75. The average Bonchev–Trinajstić information content (AvgIpc) is 2.93. The molecule has 0 bridgehead atoms. The highest BCUT2D eigenvalue weighted by molar-refractivity contribution is 7.27. The predicted octanol–water partition coefficient (Wildman–Crippen LogP) is 6.39. The molecule has 5 heteroatoms. The van der Waals surface area contributed by atoms with Crippen LogP contribution >= 0.6 is 45.9 Å². The molecule has 0 nitrogen and oxygen atoms in total. The predicted molar refractivity (Wildman–Crippen MR) is 83.5 cm³/mol. The number of rotatable bonds is 2. The van der Waals surface area contributed by atoms with Crippen LogP contribution in [-0.4, -0.2) is 0 Å². The van der Waals surface area contributed by atoms with Gasteiger partial charge in [0.1, 0.15) is 5.82 Å². The van der Waals surface area contributed by atoms with Gasteiger partial charge in [0.2, 0.25) is 0 Å². The van der Waals surface area contributed by atoms with E-state index in [9.17, 15) is 4.39 Å². The summed E-state index contributed by atoms with van der Waals surface area (Å²) in [4.78, 5) is 1.04. The van der Waals surface area contributed by atoms with Crippen molar-refractivity contribution in [2.24, 2.45) is 0 Å². The smallest absolute Gasteiger partial charge is 0.127 e. The number of thiophene rings is 2. The monoisotopic (exact) mass is 330 g/mol. The van der Waals surface area contributed by atoms with Crippen LogP contribution in [-0.2, 0) is 0 Å². The van der Waals surface area contributed by atoms with Crippen molar-refractivity contribution in [2.45, 2.75) is 12.3 Å². The second-order valence-corrected chi connectivity index (χ2v) is 7.19. The number of fused-ring (bicyclic) bond motifs is 1. The van der Waals surface area contributed by atoms with Gasteiger partial charge in [-0.2, -0.15) is 0 Å². The van der Waals surface area contributed by atoms with Gasteiger partial charge in [0.15, 0.2) is 0 Å². The van der Waals surface area contributed by atoms with E-state index < -0.39 is 0 Å². The molecule has 0 amide bonds. The summed E-state index contributed by atoms with van der Waals surface area (Å²) in [6.45, 7) is 1.71. The third kappa shape index (κ3) is 2.40. The number of alkyl halides is 1. The number of hydrogen-bond acceptors (Lipinski definition) is 2. The molecule has 0 saturated carbocycles. The Kier molecular flexibility index (Phi) is 3.56. The number of benzene rings is 1. The van der Waals surface area contributed by atoms with E-state index in [1.807, 2.05) is 0 Å². The van der Waals surface area contributed by atoms with Crippen LogP contribution in [0.1, 0.15) is 21.4 Å². The van der Waals surface area contributed by atoms with E-state index in [0.29, 0.717) is 10.6 Å². The van der Waals surface area contributed by atoms with Gasteiger partial charge in [0.25, 0.3) is 0 Å². The Labute approximate surface area is 128 Å². The molecular formula is C14H9Cl2FS2. The molecule has 0 aliphatic carbocycles. The number of aryl methyl sites for hydroxylation is 1. The van der Waals surface area contributed by atoms with Gasteiger partial charge in [-0.1, -0.05) is 11.6 Å². The SMILES string of the molecule is Cc1cc(C(Cl)c2cc3sccc3s2)c(Cl)cc1F. The van der Waals surface area contributed by atoms with Crippen molar-refractivity contribution in [3.8, 4) is 0 Å². The van der Waals surface area contributed by atoms with E-state index in [0.717, 1.165) is 10.4 Å². The van der Waals surface area contributed by atoms with Crippen molar-refractivity contribution >= 4 is 55.3 Å². The molecule has 0 N–H and O–H groups in total. The highest BCUT2D eigenvalue weighted by Crippen LogP contribution is 2.41. The molecule has 0 radical (unpaired) electrons. The summed E-state index contributed by atoms with van der Waals surface area (Å²) < 4.78 is 15.9. The average molecular weight is 331 g/mol. The lowest BCUT2D eigenvalue weighted by Gasteiger charge is -2.11. The highest BCUT2D eigenvalue weighted by atomic mass is 35.5. The standard InChI is InChI=1S/C14H9Cl2FS2/c1-7-4-8(9(15)5-10(7)17)14(16)13-6-12-11(19-13)2-3-18-12/h2-6,14H,1H3. The number of hydrogen-bond donors (Lipinski definition) is 0. The van der Waals surface area contributed by atoms with Crippen molar-refractivity contribution in [3.05, 3.63) is 56.5 Å². The van der Waals surface area contributed by atoms with Crippen molar-refractivity contribution in [3.63, 3.8) is 0 Å². The van der Waals surface area contributed by atoms with Crippen LogP contribution in [0.2, 0.25) is 5.02 Å². The zero-order valence-corrected chi connectivity index (χ0v) is 13.1. The summed E-state index contributed by atoms with van der Waals surface area (Å²) in [6.07, 6.45) is 0. The molecule has 0 aliphatic heterocycles. The summed E-state index contributed by atoms with van der Waals surface area (Å²) in [5.74, 6) is -0.301. The van der Waals surface area contributed by atoms with E-state index in [2.05, 4.69) is 17.5 Å². The van der Waals surface area contributed by atoms with Crippen LogP contribution in [0.15, 0.2) is 29.6 Å². The minimum Gasteiger partial charge on any atom is -0.207 e. The summed E-state index contributed by atoms with van der Waals surface area (Å²) in [6, 6.07) is 7.22. The Morgan fingerprint density at radius 1 is 1.21 bits per heavy atom. The van der Waals surface area contributed by atoms with Gasteiger partial charge in [0, 0.05) is 19.3 Å². The van der Waals surface area contributed by atoms with Crippen molar-refractivity contribution in [1.82, 2.24) is 0 Å². The molecule has 0 spiro atoms. The second-order valence-electron chi connectivity index (χ2n) is 4.28. The Bertz CT molecular complexity index is 717.